The molecule has 0 unspecified atom stereocenters. The van der Waals surface area contributed by atoms with Crippen LogP contribution in [-0.2, 0) is 17.6 Å². The summed E-state index contributed by atoms with van der Waals surface area (Å²) < 4.78 is 0. The summed E-state index contributed by atoms with van der Waals surface area (Å²) in [4.78, 5) is 12.8. The zero-order valence-electron chi connectivity index (χ0n) is 12.1. The third-order valence-corrected chi connectivity index (χ3v) is 4.01. The maximum Gasteiger partial charge on any atom is 0.207 e. The number of fused-ring (bicyclic) bond motifs is 2. The highest BCUT2D eigenvalue weighted by Gasteiger charge is 2.19. The number of benzene rings is 2. The molecule has 0 saturated heterocycles. The molecule has 1 amide bonds. The topological polar surface area (TPSA) is 32.3 Å². The average molecular weight is 280 g/mol. The number of amides is 1. The molecule has 0 spiro atoms. The lowest BCUT2D eigenvalue weighted by molar-refractivity contribution is -0.109. The second kappa shape index (κ2) is 6.44. The van der Waals surface area contributed by atoms with Crippen LogP contribution in [-0.4, -0.2) is 19.5 Å². The minimum atomic E-state index is 0.713. The van der Waals surface area contributed by atoms with E-state index in [1.807, 2.05) is 0 Å². The molecule has 1 N–H and O–H groups in total. The lowest BCUT2D eigenvalue weighted by Crippen LogP contribution is -2.23. The van der Waals surface area contributed by atoms with Crippen LogP contribution in [0.3, 0.4) is 0 Å². The maximum atomic E-state index is 10.4. The van der Waals surface area contributed by atoms with E-state index in [0.29, 0.717) is 6.54 Å². The van der Waals surface area contributed by atoms with Gasteiger partial charge in [0.25, 0.3) is 0 Å². The van der Waals surface area contributed by atoms with Gasteiger partial charge in [0.05, 0.1) is 0 Å². The zero-order valence-corrected chi connectivity index (χ0v) is 12.1. The van der Waals surface area contributed by atoms with Gasteiger partial charge in [0.1, 0.15) is 0 Å². The number of hydrogen-bond acceptors (Lipinski definition) is 2. The smallest absolute Gasteiger partial charge is 0.207 e. The van der Waals surface area contributed by atoms with Crippen molar-refractivity contribution in [1.82, 2.24) is 5.32 Å². The number of anilines is 2. The third kappa shape index (κ3) is 2.92. The maximum absolute atomic E-state index is 10.4. The lowest BCUT2D eigenvalue weighted by atomic mass is 10.0. The molecule has 2 aromatic carbocycles. The fourth-order valence-corrected chi connectivity index (χ4v) is 3.01. The molecule has 3 nitrogen and oxygen atoms in total. The predicted molar refractivity (Wildman–Crippen MR) is 86.0 cm³/mol. The van der Waals surface area contributed by atoms with E-state index in [-0.39, 0.29) is 0 Å². The summed E-state index contributed by atoms with van der Waals surface area (Å²) in [5.74, 6) is 0. The van der Waals surface area contributed by atoms with Crippen LogP contribution in [0.15, 0.2) is 48.5 Å². The highest BCUT2D eigenvalue weighted by Crippen LogP contribution is 2.35. The quantitative estimate of drug-likeness (QED) is 0.674. The molecule has 1 aliphatic heterocycles. The molecular formula is C18H20N2O. The molecule has 21 heavy (non-hydrogen) atoms. The predicted octanol–water partition coefficient (Wildman–Crippen LogP) is 3.06. The van der Waals surface area contributed by atoms with Gasteiger partial charge in [-0.05, 0) is 42.5 Å². The number of hydrogen-bond donors (Lipinski definition) is 1. The van der Waals surface area contributed by atoms with Gasteiger partial charge < -0.3 is 10.2 Å². The summed E-state index contributed by atoms with van der Waals surface area (Å²) in [6, 6.07) is 17.3. The molecule has 1 heterocycles. The minimum Gasteiger partial charge on any atom is -0.359 e. The van der Waals surface area contributed by atoms with Gasteiger partial charge in [0.15, 0.2) is 0 Å². The largest absolute Gasteiger partial charge is 0.359 e. The van der Waals surface area contributed by atoms with Crippen molar-refractivity contribution in [3.8, 4) is 0 Å². The van der Waals surface area contributed by atoms with Gasteiger partial charge in [-0.25, -0.2) is 0 Å². The van der Waals surface area contributed by atoms with Crippen molar-refractivity contribution in [1.29, 1.82) is 0 Å². The molecule has 0 aromatic heterocycles. The van der Waals surface area contributed by atoms with E-state index in [2.05, 4.69) is 58.7 Å². The number of nitrogens with zero attached hydrogens (tertiary/aromatic N) is 1. The van der Waals surface area contributed by atoms with Crippen molar-refractivity contribution in [2.45, 2.75) is 19.3 Å². The fraction of sp³-hybridized carbons (Fsp3) is 0.278. The summed E-state index contributed by atoms with van der Waals surface area (Å²) >= 11 is 0. The average Bonchev–Trinajstić information content (AvgIpc) is 2.69. The van der Waals surface area contributed by atoms with Crippen molar-refractivity contribution in [2.24, 2.45) is 0 Å². The van der Waals surface area contributed by atoms with Crippen LogP contribution < -0.4 is 10.2 Å². The van der Waals surface area contributed by atoms with Crippen molar-refractivity contribution in [3.63, 3.8) is 0 Å². The van der Waals surface area contributed by atoms with Gasteiger partial charge in [0.2, 0.25) is 6.41 Å². The first-order valence-electron chi connectivity index (χ1n) is 7.50. The van der Waals surface area contributed by atoms with Crippen molar-refractivity contribution < 1.29 is 4.79 Å². The molecule has 108 valence electrons. The lowest BCUT2D eigenvalue weighted by Gasteiger charge is -2.27. The fourth-order valence-electron chi connectivity index (χ4n) is 3.01. The van der Waals surface area contributed by atoms with Crippen LogP contribution in [0.5, 0.6) is 0 Å². The second-order valence-electron chi connectivity index (χ2n) is 5.33. The second-order valence-corrected chi connectivity index (χ2v) is 5.33. The van der Waals surface area contributed by atoms with Gasteiger partial charge in [-0.3, -0.25) is 4.79 Å². The van der Waals surface area contributed by atoms with Crippen LogP contribution in [0.25, 0.3) is 0 Å². The molecule has 0 radical (unpaired) electrons. The van der Waals surface area contributed by atoms with Gasteiger partial charge in [-0.15, -0.1) is 0 Å². The molecule has 0 bridgehead atoms. The first-order valence-corrected chi connectivity index (χ1v) is 7.50. The van der Waals surface area contributed by atoms with E-state index in [4.69, 9.17) is 0 Å². The molecular weight excluding hydrogens is 260 g/mol. The highest BCUT2D eigenvalue weighted by atomic mass is 16.1. The number of aryl methyl sites for hydroxylation is 2. The Morgan fingerprint density at radius 2 is 1.52 bits per heavy atom. The summed E-state index contributed by atoms with van der Waals surface area (Å²) in [7, 11) is 0. The summed E-state index contributed by atoms with van der Waals surface area (Å²) in [5.41, 5.74) is 5.40. The molecule has 2 aromatic rings. The molecule has 0 fully saturated rings. The van der Waals surface area contributed by atoms with Crippen LogP contribution in [0.1, 0.15) is 17.5 Å². The molecule has 0 atom stereocenters. The highest BCUT2D eigenvalue weighted by molar-refractivity contribution is 5.71. The van der Waals surface area contributed by atoms with Crippen LogP contribution in [0.2, 0.25) is 0 Å². The van der Waals surface area contributed by atoms with Crippen LogP contribution >= 0.6 is 0 Å². The van der Waals surface area contributed by atoms with Crippen LogP contribution in [0, 0.1) is 0 Å². The molecule has 0 saturated carbocycles. The Morgan fingerprint density at radius 3 is 2.10 bits per heavy atom. The van der Waals surface area contributed by atoms with E-state index in [1.165, 1.54) is 22.5 Å². The summed E-state index contributed by atoms with van der Waals surface area (Å²) in [6.45, 7) is 1.62. The molecule has 3 heteroatoms. The van der Waals surface area contributed by atoms with E-state index in [0.717, 1.165) is 32.2 Å². The van der Waals surface area contributed by atoms with Gasteiger partial charge in [0, 0.05) is 24.5 Å². The molecule has 0 aliphatic carbocycles. The number of rotatable bonds is 5. The van der Waals surface area contributed by atoms with E-state index in [9.17, 15) is 4.79 Å². The molecule has 3 rings (SSSR count). The Kier molecular flexibility index (Phi) is 4.20. The Balaban J connectivity index is 1.93. The third-order valence-electron chi connectivity index (χ3n) is 4.01. The Hall–Kier alpha value is -2.29. The first kappa shape index (κ1) is 13.7. The van der Waals surface area contributed by atoms with E-state index >= 15 is 0 Å². The number of nitrogens with one attached hydrogen (secondary N) is 1. The minimum absolute atomic E-state index is 0.713. The normalized spacial score (nSPS) is 13.0. The summed E-state index contributed by atoms with van der Waals surface area (Å²) in [5, 5.41) is 2.74. The first-order chi connectivity index (χ1) is 10.4. The number of para-hydroxylation sites is 2. The SMILES string of the molecule is O=CNCCCN1c2ccccc2CCc2ccccc21. The standard InChI is InChI=1S/C18H20N2O/c21-14-19-12-5-13-20-17-8-3-1-6-15(17)10-11-16-7-2-4-9-18(16)20/h1-4,6-9,14H,5,10-13H2,(H,19,21). The van der Waals surface area contributed by atoms with Crippen molar-refractivity contribution >= 4 is 17.8 Å². The Labute approximate surface area is 125 Å². The number of carbonyl (C=O) groups excluding carboxylic acids is 1. The summed E-state index contributed by atoms with van der Waals surface area (Å²) in [6.07, 6.45) is 3.86. The number of carbonyl (C=O) groups is 1. The van der Waals surface area contributed by atoms with Crippen molar-refractivity contribution in [3.05, 3.63) is 59.7 Å². The van der Waals surface area contributed by atoms with E-state index in [1.54, 1.807) is 0 Å². The zero-order chi connectivity index (χ0) is 14.5. The van der Waals surface area contributed by atoms with E-state index < -0.39 is 0 Å². The molecule has 1 aliphatic rings. The van der Waals surface area contributed by atoms with Crippen molar-refractivity contribution in [2.75, 3.05) is 18.0 Å². The van der Waals surface area contributed by atoms with Gasteiger partial charge in [-0.2, -0.15) is 0 Å². The van der Waals surface area contributed by atoms with Crippen LogP contribution in [0.4, 0.5) is 11.4 Å². The van der Waals surface area contributed by atoms with Gasteiger partial charge >= 0.3 is 0 Å². The Bertz CT molecular complexity index is 577. The Morgan fingerprint density at radius 1 is 0.952 bits per heavy atom. The van der Waals surface area contributed by atoms with Gasteiger partial charge in [-0.1, -0.05) is 36.4 Å². The monoisotopic (exact) mass is 280 g/mol.